The third-order valence-corrected chi connectivity index (χ3v) is 4.31. The van der Waals surface area contributed by atoms with Crippen molar-refractivity contribution in [2.45, 2.75) is 51.5 Å². The molecule has 3 nitrogen and oxygen atoms in total. The molecular formula is C16H24N2O. The van der Waals surface area contributed by atoms with Crippen molar-refractivity contribution in [3.05, 3.63) is 30.3 Å². The molecule has 0 bridgehead atoms. The van der Waals surface area contributed by atoms with Crippen LogP contribution < -0.4 is 11.1 Å². The Bertz CT molecular complexity index is 441. The second-order valence-electron chi connectivity index (χ2n) is 6.46. The van der Waals surface area contributed by atoms with Crippen molar-refractivity contribution in [3.63, 3.8) is 0 Å². The molecule has 1 aromatic carbocycles. The van der Waals surface area contributed by atoms with Gasteiger partial charge >= 0.3 is 0 Å². The van der Waals surface area contributed by atoms with E-state index in [1.807, 2.05) is 30.3 Å². The minimum absolute atomic E-state index is 0.228. The number of rotatable bonds is 3. The minimum atomic E-state index is -0.588. The zero-order chi connectivity index (χ0) is 13.9. The van der Waals surface area contributed by atoms with Crippen molar-refractivity contribution in [3.8, 4) is 0 Å². The molecule has 1 aromatic rings. The second-order valence-corrected chi connectivity index (χ2v) is 6.46. The van der Waals surface area contributed by atoms with Crippen LogP contribution >= 0.6 is 0 Å². The van der Waals surface area contributed by atoms with E-state index >= 15 is 0 Å². The summed E-state index contributed by atoms with van der Waals surface area (Å²) in [6, 6.07) is 9.88. The molecule has 0 spiro atoms. The largest absolute Gasteiger partial charge is 0.371 e. The van der Waals surface area contributed by atoms with Crippen molar-refractivity contribution in [2.24, 2.45) is 11.1 Å². The number of anilines is 1. The molecule has 1 aliphatic rings. The van der Waals surface area contributed by atoms with E-state index in [1.54, 1.807) is 0 Å². The van der Waals surface area contributed by atoms with E-state index in [4.69, 9.17) is 5.73 Å². The van der Waals surface area contributed by atoms with Gasteiger partial charge in [-0.05, 0) is 43.2 Å². The third kappa shape index (κ3) is 3.28. The predicted molar refractivity (Wildman–Crippen MR) is 78.9 cm³/mol. The van der Waals surface area contributed by atoms with Gasteiger partial charge in [0.05, 0.1) is 0 Å². The molecule has 3 N–H and O–H groups in total. The van der Waals surface area contributed by atoms with Crippen molar-refractivity contribution >= 4 is 11.6 Å². The molecule has 0 radical (unpaired) electrons. The molecular weight excluding hydrogens is 236 g/mol. The average molecular weight is 260 g/mol. The molecule has 104 valence electrons. The lowest BCUT2D eigenvalue weighted by Crippen LogP contribution is -2.50. The summed E-state index contributed by atoms with van der Waals surface area (Å²) in [5.41, 5.74) is 6.39. The van der Waals surface area contributed by atoms with Gasteiger partial charge in [-0.15, -0.1) is 0 Å². The zero-order valence-electron chi connectivity index (χ0n) is 11.9. The Labute approximate surface area is 115 Å². The molecule has 2 rings (SSSR count). The molecule has 1 amide bonds. The third-order valence-electron chi connectivity index (χ3n) is 4.31. The summed E-state index contributed by atoms with van der Waals surface area (Å²) in [6.07, 6.45) is 4.84. The van der Waals surface area contributed by atoms with Crippen LogP contribution in [0, 0.1) is 5.41 Å². The van der Waals surface area contributed by atoms with Gasteiger partial charge in [-0.3, -0.25) is 4.79 Å². The van der Waals surface area contributed by atoms with E-state index < -0.39 is 5.54 Å². The van der Waals surface area contributed by atoms with Crippen LogP contribution in [0.4, 0.5) is 5.69 Å². The van der Waals surface area contributed by atoms with Gasteiger partial charge in [0.2, 0.25) is 5.91 Å². The number of carbonyl (C=O) groups is 1. The van der Waals surface area contributed by atoms with Gasteiger partial charge in [-0.1, -0.05) is 38.5 Å². The van der Waals surface area contributed by atoms with E-state index in [-0.39, 0.29) is 5.91 Å². The molecule has 1 aliphatic carbocycles. The molecule has 1 saturated carbocycles. The number of primary amides is 1. The quantitative estimate of drug-likeness (QED) is 0.819. The highest BCUT2D eigenvalue weighted by atomic mass is 16.1. The number of para-hydroxylation sites is 1. The smallest absolute Gasteiger partial charge is 0.243 e. The minimum Gasteiger partial charge on any atom is -0.371 e. The summed E-state index contributed by atoms with van der Waals surface area (Å²) >= 11 is 0. The maximum atomic E-state index is 12.0. The Kier molecular flexibility index (Phi) is 3.83. The van der Waals surface area contributed by atoms with Crippen LogP contribution in [-0.2, 0) is 4.79 Å². The van der Waals surface area contributed by atoms with Crippen LogP contribution in [0.25, 0.3) is 0 Å². The Balaban J connectivity index is 2.21. The SMILES string of the molecule is CC1(C)CCCC(Nc2ccccc2)(C(N)=O)CC1. The Morgan fingerprint density at radius 2 is 1.79 bits per heavy atom. The van der Waals surface area contributed by atoms with Crippen molar-refractivity contribution in [1.29, 1.82) is 0 Å². The fourth-order valence-electron chi connectivity index (χ4n) is 2.90. The predicted octanol–water partition coefficient (Wildman–Crippen LogP) is 3.31. The lowest BCUT2D eigenvalue weighted by molar-refractivity contribution is -0.122. The lowest BCUT2D eigenvalue weighted by Gasteiger charge is -2.32. The van der Waals surface area contributed by atoms with E-state index in [2.05, 4.69) is 19.2 Å². The van der Waals surface area contributed by atoms with Gasteiger partial charge in [0.15, 0.2) is 0 Å². The number of carbonyl (C=O) groups excluding carboxylic acids is 1. The highest BCUT2D eigenvalue weighted by Gasteiger charge is 2.40. The first-order chi connectivity index (χ1) is 8.94. The zero-order valence-corrected chi connectivity index (χ0v) is 11.9. The molecule has 3 heteroatoms. The van der Waals surface area contributed by atoms with Crippen LogP contribution in [0.2, 0.25) is 0 Å². The molecule has 0 heterocycles. The van der Waals surface area contributed by atoms with E-state index in [1.165, 1.54) is 0 Å². The van der Waals surface area contributed by atoms with E-state index in [0.29, 0.717) is 5.41 Å². The molecule has 1 unspecified atom stereocenters. The van der Waals surface area contributed by atoms with Gasteiger partial charge in [-0.2, -0.15) is 0 Å². The second kappa shape index (κ2) is 5.24. The van der Waals surface area contributed by atoms with Crippen molar-refractivity contribution in [2.75, 3.05) is 5.32 Å². The molecule has 1 fully saturated rings. The van der Waals surface area contributed by atoms with Crippen LogP contribution in [-0.4, -0.2) is 11.4 Å². The molecule has 0 aliphatic heterocycles. The van der Waals surface area contributed by atoms with Crippen LogP contribution in [0.1, 0.15) is 46.0 Å². The van der Waals surface area contributed by atoms with Gasteiger partial charge in [0, 0.05) is 5.69 Å². The number of nitrogens with two attached hydrogens (primary N) is 1. The Morgan fingerprint density at radius 3 is 2.42 bits per heavy atom. The Hall–Kier alpha value is -1.51. The van der Waals surface area contributed by atoms with Crippen molar-refractivity contribution < 1.29 is 4.79 Å². The van der Waals surface area contributed by atoms with Crippen LogP contribution in [0.15, 0.2) is 30.3 Å². The highest BCUT2D eigenvalue weighted by molar-refractivity contribution is 5.88. The fourth-order valence-corrected chi connectivity index (χ4v) is 2.90. The maximum absolute atomic E-state index is 12.0. The summed E-state index contributed by atoms with van der Waals surface area (Å²) in [5, 5.41) is 3.40. The number of nitrogens with one attached hydrogen (secondary N) is 1. The Morgan fingerprint density at radius 1 is 1.11 bits per heavy atom. The normalized spacial score (nSPS) is 26.4. The number of hydrogen-bond donors (Lipinski definition) is 2. The fraction of sp³-hybridized carbons (Fsp3) is 0.562. The topological polar surface area (TPSA) is 55.1 Å². The standard InChI is InChI=1S/C16H24N2O/c1-15(2)9-6-10-16(12-11-15,14(17)19)18-13-7-4-3-5-8-13/h3-5,7-8,18H,6,9-12H2,1-2H3,(H2,17,19). The summed E-state index contributed by atoms with van der Waals surface area (Å²) in [6.45, 7) is 4.54. The van der Waals surface area contributed by atoms with Crippen LogP contribution in [0.5, 0.6) is 0 Å². The molecule has 0 saturated heterocycles. The average Bonchev–Trinajstić information content (AvgIpc) is 2.51. The van der Waals surface area contributed by atoms with Crippen LogP contribution in [0.3, 0.4) is 0 Å². The summed E-state index contributed by atoms with van der Waals surface area (Å²) in [7, 11) is 0. The summed E-state index contributed by atoms with van der Waals surface area (Å²) in [5.74, 6) is -0.228. The molecule has 1 atom stereocenters. The first-order valence-electron chi connectivity index (χ1n) is 7.07. The van der Waals surface area contributed by atoms with E-state index in [9.17, 15) is 4.79 Å². The van der Waals surface area contributed by atoms with E-state index in [0.717, 1.165) is 37.8 Å². The maximum Gasteiger partial charge on any atom is 0.243 e. The molecule has 0 aromatic heterocycles. The lowest BCUT2D eigenvalue weighted by atomic mass is 9.83. The first kappa shape index (κ1) is 13.9. The number of amides is 1. The van der Waals surface area contributed by atoms with Crippen molar-refractivity contribution in [1.82, 2.24) is 0 Å². The monoisotopic (exact) mass is 260 g/mol. The summed E-state index contributed by atoms with van der Waals surface area (Å²) in [4.78, 5) is 12.0. The first-order valence-corrected chi connectivity index (χ1v) is 7.07. The van der Waals surface area contributed by atoms with Gasteiger partial charge < -0.3 is 11.1 Å². The number of benzene rings is 1. The number of hydrogen-bond acceptors (Lipinski definition) is 2. The highest BCUT2D eigenvalue weighted by Crippen LogP contribution is 2.39. The molecule has 19 heavy (non-hydrogen) atoms. The van der Waals surface area contributed by atoms with Gasteiger partial charge in [0.1, 0.15) is 5.54 Å². The van der Waals surface area contributed by atoms with Gasteiger partial charge in [0.25, 0.3) is 0 Å². The summed E-state index contributed by atoms with van der Waals surface area (Å²) < 4.78 is 0. The van der Waals surface area contributed by atoms with Gasteiger partial charge in [-0.25, -0.2) is 0 Å².